The molecule has 1 rings (SSSR count). The number of hydrogen-bond acceptors (Lipinski definition) is 1. The number of halogens is 1. The van der Waals surface area contributed by atoms with E-state index in [4.69, 9.17) is 0 Å². The third-order valence-electron chi connectivity index (χ3n) is 2.92. The summed E-state index contributed by atoms with van der Waals surface area (Å²) in [5.74, 6) is 0. The fourth-order valence-corrected chi connectivity index (χ4v) is 1.88. The predicted molar refractivity (Wildman–Crippen MR) is 72.3 cm³/mol. The summed E-state index contributed by atoms with van der Waals surface area (Å²) in [7, 11) is 0. The van der Waals surface area contributed by atoms with Gasteiger partial charge in [0, 0.05) is 18.5 Å². The van der Waals surface area contributed by atoms with Crippen LogP contribution in [-0.4, -0.2) is 18.3 Å². The molecule has 1 atom stereocenters. The molecule has 1 aromatic rings. The maximum absolute atomic E-state index is 13.9. The molecule has 96 valence electrons. The summed E-state index contributed by atoms with van der Waals surface area (Å²) in [6.45, 7) is 10.7. The van der Waals surface area contributed by atoms with E-state index in [1.807, 2.05) is 32.0 Å². The third-order valence-corrected chi connectivity index (χ3v) is 2.92. The van der Waals surface area contributed by atoms with Crippen molar-refractivity contribution in [3.05, 3.63) is 34.9 Å². The van der Waals surface area contributed by atoms with Crippen LogP contribution in [0.3, 0.4) is 0 Å². The van der Waals surface area contributed by atoms with Gasteiger partial charge in [-0.15, -0.1) is 0 Å². The molecule has 0 aromatic heterocycles. The van der Waals surface area contributed by atoms with E-state index in [1.54, 1.807) is 0 Å². The molecule has 2 heteroatoms. The lowest BCUT2D eigenvalue weighted by molar-refractivity contribution is 0.284. The largest absolute Gasteiger partial charge is 0.309 e. The van der Waals surface area contributed by atoms with Crippen LogP contribution in [0.2, 0.25) is 0 Å². The zero-order valence-corrected chi connectivity index (χ0v) is 11.6. The Bertz CT molecular complexity index is 345. The first-order valence-electron chi connectivity index (χ1n) is 6.24. The van der Waals surface area contributed by atoms with Gasteiger partial charge in [0.05, 0.1) is 0 Å². The summed E-state index contributed by atoms with van der Waals surface area (Å²) in [5.41, 5.74) is 3.49. The number of rotatable bonds is 4. The highest BCUT2D eigenvalue weighted by atomic mass is 19.1. The van der Waals surface area contributed by atoms with Gasteiger partial charge in [0.15, 0.2) is 0 Å². The molecule has 0 aliphatic heterocycles. The Morgan fingerprint density at radius 3 is 2.18 bits per heavy atom. The van der Waals surface area contributed by atoms with Crippen LogP contribution in [0.25, 0.3) is 0 Å². The Kier molecular flexibility index (Phi) is 4.70. The molecule has 0 fully saturated rings. The summed E-state index contributed by atoms with van der Waals surface area (Å²) >= 11 is 0. The molecule has 0 saturated heterocycles. The lowest BCUT2D eigenvalue weighted by Gasteiger charge is -2.22. The second kappa shape index (κ2) is 5.63. The van der Waals surface area contributed by atoms with E-state index < -0.39 is 6.17 Å². The zero-order valence-electron chi connectivity index (χ0n) is 11.6. The molecule has 0 heterocycles. The smallest absolute Gasteiger partial charge is 0.117 e. The molecule has 0 saturated carbocycles. The number of benzene rings is 1. The Morgan fingerprint density at radius 2 is 1.71 bits per heavy atom. The minimum absolute atomic E-state index is 0.0227. The van der Waals surface area contributed by atoms with Crippen molar-refractivity contribution < 1.29 is 4.39 Å². The average molecular weight is 237 g/mol. The van der Waals surface area contributed by atoms with E-state index in [-0.39, 0.29) is 5.54 Å². The predicted octanol–water partition coefficient (Wildman–Crippen LogP) is 3.57. The Hall–Kier alpha value is -0.890. The molecule has 0 spiro atoms. The first kappa shape index (κ1) is 14.2. The van der Waals surface area contributed by atoms with Crippen molar-refractivity contribution in [2.75, 3.05) is 6.54 Å². The fraction of sp³-hybridized carbons (Fsp3) is 0.600. The van der Waals surface area contributed by atoms with Gasteiger partial charge in [-0.1, -0.05) is 18.2 Å². The fourth-order valence-electron chi connectivity index (χ4n) is 1.88. The molecule has 1 aromatic carbocycles. The van der Waals surface area contributed by atoms with Gasteiger partial charge in [-0.05, 0) is 51.3 Å². The summed E-state index contributed by atoms with van der Waals surface area (Å²) in [6, 6.07) is 6.12. The van der Waals surface area contributed by atoms with Gasteiger partial charge in [-0.25, -0.2) is 4.39 Å². The number of alkyl halides is 1. The van der Waals surface area contributed by atoms with Gasteiger partial charge in [0.25, 0.3) is 0 Å². The van der Waals surface area contributed by atoms with Crippen molar-refractivity contribution in [2.45, 2.75) is 52.8 Å². The highest BCUT2D eigenvalue weighted by Gasteiger charge is 2.15. The molecule has 0 bridgehead atoms. The molecule has 0 radical (unpaired) electrons. The summed E-state index contributed by atoms with van der Waals surface area (Å²) in [4.78, 5) is 0. The number of aryl methyl sites for hydroxylation is 2. The molecule has 1 N–H and O–H groups in total. The van der Waals surface area contributed by atoms with Crippen LogP contribution < -0.4 is 5.32 Å². The maximum atomic E-state index is 13.9. The highest BCUT2D eigenvalue weighted by Crippen LogP contribution is 2.16. The maximum Gasteiger partial charge on any atom is 0.117 e. The minimum Gasteiger partial charge on any atom is -0.309 e. The van der Waals surface area contributed by atoms with Crippen LogP contribution in [0.15, 0.2) is 18.2 Å². The Labute approximate surface area is 104 Å². The lowest BCUT2D eigenvalue weighted by Crippen LogP contribution is -2.40. The van der Waals surface area contributed by atoms with Crippen molar-refractivity contribution >= 4 is 0 Å². The quantitative estimate of drug-likeness (QED) is 0.844. The van der Waals surface area contributed by atoms with Gasteiger partial charge in [0.1, 0.15) is 6.17 Å². The standard InChI is InChI=1S/C15H24FN/c1-11-7-6-8-12(2)14(11)9-13(16)10-17-15(3,4)5/h6-8,13,17H,9-10H2,1-5H3. The summed E-state index contributed by atoms with van der Waals surface area (Å²) in [6.07, 6.45) is -0.323. The Morgan fingerprint density at radius 1 is 1.18 bits per heavy atom. The van der Waals surface area contributed by atoms with Gasteiger partial charge >= 0.3 is 0 Å². The van der Waals surface area contributed by atoms with Crippen molar-refractivity contribution in [3.8, 4) is 0 Å². The molecule has 1 unspecified atom stereocenters. The first-order valence-corrected chi connectivity index (χ1v) is 6.24. The normalized spacial score (nSPS) is 13.8. The van der Waals surface area contributed by atoms with E-state index in [1.165, 1.54) is 11.1 Å². The van der Waals surface area contributed by atoms with Gasteiger partial charge < -0.3 is 5.32 Å². The average Bonchev–Trinajstić information content (AvgIpc) is 2.20. The van der Waals surface area contributed by atoms with E-state index >= 15 is 0 Å². The van der Waals surface area contributed by atoms with Crippen LogP contribution in [0, 0.1) is 13.8 Å². The van der Waals surface area contributed by atoms with E-state index in [0.717, 1.165) is 5.56 Å². The van der Waals surface area contributed by atoms with Crippen LogP contribution in [0.4, 0.5) is 4.39 Å². The van der Waals surface area contributed by atoms with Crippen molar-refractivity contribution in [1.29, 1.82) is 0 Å². The first-order chi connectivity index (χ1) is 7.79. The van der Waals surface area contributed by atoms with E-state index in [2.05, 4.69) is 26.1 Å². The Balaban J connectivity index is 2.59. The van der Waals surface area contributed by atoms with Gasteiger partial charge in [0.2, 0.25) is 0 Å². The van der Waals surface area contributed by atoms with Gasteiger partial charge in [-0.3, -0.25) is 0 Å². The van der Waals surface area contributed by atoms with Crippen LogP contribution >= 0.6 is 0 Å². The number of nitrogens with one attached hydrogen (secondary N) is 1. The topological polar surface area (TPSA) is 12.0 Å². The molecular weight excluding hydrogens is 213 g/mol. The van der Waals surface area contributed by atoms with Crippen molar-refractivity contribution in [2.24, 2.45) is 0 Å². The van der Waals surface area contributed by atoms with Crippen LogP contribution in [-0.2, 0) is 6.42 Å². The summed E-state index contributed by atoms with van der Waals surface area (Å²) in [5, 5.41) is 3.21. The van der Waals surface area contributed by atoms with Crippen molar-refractivity contribution in [1.82, 2.24) is 5.32 Å². The molecule has 0 aliphatic rings. The molecular formula is C15H24FN. The van der Waals surface area contributed by atoms with Gasteiger partial charge in [-0.2, -0.15) is 0 Å². The third kappa shape index (κ3) is 4.86. The second-order valence-electron chi connectivity index (χ2n) is 5.80. The minimum atomic E-state index is -0.825. The monoisotopic (exact) mass is 237 g/mol. The SMILES string of the molecule is Cc1cccc(C)c1CC(F)CNC(C)(C)C. The number of hydrogen-bond donors (Lipinski definition) is 1. The lowest BCUT2D eigenvalue weighted by atomic mass is 9.97. The van der Waals surface area contributed by atoms with Crippen LogP contribution in [0.5, 0.6) is 0 Å². The molecule has 17 heavy (non-hydrogen) atoms. The van der Waals surface area contributed by atoms with E-state index in [9.17, 15) is 4.39 Å². The van der Waals surface area contributed by atoms with E-state index in [0.29, 0.717) is 13.0 Å². The highest BCUT2D eigenvalue weighted by molar-refractivity contribution is 5.33. The molecule has 0 amide bonds. The molecule has 1 nitrogen and oxygen atoms in total. The zero-order chi connectivity index (χ0) is 13.1. The van der Waals surface area contributed by atoms with Crippen molar-refractivity contribution in [3.63, 3.8) is 0 Å². The second-order valence-corrected chi connectivity index (χ2v) is 5.80. The summed E-state index contributed by atoms with van der Waals surface area (Å²) < 4.78 is 13.9. The molecule has 0 aliphatic carbocycles. The van der Waals surface area contributed by atoms with Crippen LogP contribution in [0.1, 0.15) is 37.5 Å².